The summed E-state index contributed by atoms with van der Waals surface area (Å²) in [6.07, 6.45) is 2.86. The Morgan fingerprint density at radius 1 is 1.03 bits per heavy atom. The maximum Gasteiger partial charge on any atom is 0.277 e. The zero-order valence-corrected chi connectivity index (χ0v) is 19.5. The number of rotatable bonds is 9. The lowest BCUT2D eigenvalue weighted by molar-refractivity contribution is -0.138. The third-order valence-electron chi connectivity index (χ3n) is 5.59. The molecule has 1 aromatic carbocycles. The average Bonchev–Trinajstić information content (AvgIpc) is 2.96. The fourth-order valence-corrected chi connectivity index (χ4v) is 4.18. The number of imide groups is 1. The third-order valence-corrected chi connectivity index (χ3v) is 5.59. The van der Waals surface area contributed by atoms with E-state index in [1.807, 2.05) is 43.0 Å². The van der Waals surface area contributed by atoms with Crippen molar-refractivity contribution in [3.05, 3.63) is 35.5 Å². The van der Waals surface area contributed by atoms with E-state index in [0.29, 0.717) is 43.4 Å². The average molecular weight is 429 g/mol. The molecule has 0 N–H and O–H groups in total. The second-order valence-electron chi connectivity index (χ2n) is 9.08. The molecule has 2 unspecified atom stereocenters. The third kappa shape index (κ3) is 5.48. The minimum atomic E-state index is -0.196. The second kappa shape index (κ2) is 10.3. The van der Waals surface area contributed by atoms with Gasteiger partial charge in [-0.05, 0) is 43.9 Å². The topological polar surface area (TPSA) is 59.1 Å². The molecule has 0 bridgehead atoms. The van der Waals surface area contributed by atoms with Crippen LogP contribution in [0.2, 0.25) is 0 Å². The molecule has 0 saturated carbocycles. The summed E-state index contributed by atoms with van der Waals surface area (Å²) in [5.41, 5.74) is 1.77. The summed E-state index contributed by atoms with van der Waals surface area (Å²) < 4.78 is 11.6. The van der Waals surface area contributed by atoms with Gasteiger partial charge in [0.15, 0.2) is 0 Å². The Morgan fingerprint density at radius 2 is 1.68 bits per heavy atom. The van der Waals surface area contributed by atoms with Gasteiger partial charge in [-0.15, -0.1) is 0 Å². The number of nitrogens with zero attached hydrogens (tertiary/aromatic N) is 2. The maximum absolute atomic E-state index is 13.4. The van der Waals surface area contributed by atoms with Crippen LogP contribution >= 0.6 is 0 Å². The molecule has 2 heterocycles. The van der Waals surface area contributed by atoms with Crippen molar-refractivity contribution < 1.29 is 19.1 Å². The highest BCUT2D eigenvalue weighted by molar-refractivity contribution is 6.35. The van der Waals surface area contributed by atoms with Gasteiger partial charge in [0.05, 0.1) is 24.4 Å². The van der Waals surface area contributed by atoms with Crippen molar-refractivity contribution in [2.24, 2.45) is 5.92 Å². The Balaban J connectivity index is 1.93. The van der Waals surface area contributed by atoms with Crippen LogP contribution in [0, 0.1) is 5.92 Å². The lowest BCUT2D eigenvalue weighted by atomic mass is 10.0. The molecule has 2 atom stereocenters. The van der Waals surface area contributed by atoms with Gasteiger partial charge in [0.1, 0.15) is 11.4 Å². The number of amides is 2. The summed E-state index contributed by atoms with van der Waals surface area (Å²) in [5, 5.41) is 0. The van der Waals surface area contributed by atoms with E-state index in [2.05, 4.69) is 20.8 Å². The number of hydrogen-bond acceptors (Lipinski definition) is 5. The summed E-state index contributed by atoms with van der Waals surface area (Å²) >= 11 is 0. The van der Waals surface area contributed by atoms with E-state index >= 15 is 0 Å². The zero-order valence-electron chi connectivity index (χ0n) is 19.5. The Morgan fingerprint density at radius 3 is 2.26 bits per heavy atom. The smallest absolute Gasteiger partial charge is 0.277 e. The Kier molecular flexibility index (Phi) is 7.76. The van der Waals surface area contributed by atoms with Crippen LogP contribution in [-0.4, -0.2) is 60.1 Å². The molecule has 31 heavy (non-hydrogen) atoms. The van der Waals surface area contributed by atoms with E-state index < -0.39 is 0 Å². The summed E-state index contributed by atoms with van der Waals surface area (Å²) in [6, 6.07) is 7.53. The normalized spacial score (nSPS) is 22.1. The summed E-state index contributed by atoms with van der Waals surface area (Å²) in [4.78, 5) is 30.2. The van der Waals surface area contributed by atoms with Crippen molar-refractivity contribution in [2.75, 3.05) is 26.2 Å². The maximum atomic E-state index is 13.4. The van der Waals surface area contributed by atoms with Crippen LogP contribution in [0.25, 0.3) is 5.57 Å². The van der Waals surface area contributed by atoms with Gasteiger partial charge >= 0.3 is 0 Å². The number of morpholine rings is 1. The van der Waals surface area contributed by atoms with Gasteiger partial charge in [-0.1, -0.05) is 45.7 Å². The highest BCUT2D eigenvalue weighted by atomic mass is 16.5. The number of ether oxygens (including phenoxy) is 2. The molecule has 1 aromatic rings. The first-order valence-electron chi connectivity index (χ1n) is 11.6. The summed E-state index contributed by atoms with van der Waals surface area (Å²) in [7, 11) is 0. The van der Waals surface area contributed by atoms with E-state index in [1.54, 1.807) is 0 Å². The molecular weight excluding hydrogens is 392 g/mol. The van der Waals surface area contributed by atoms with Crippen molar-refractivity contribution in [1.29, 1.82) is 0 Å². The van der Waals surface area contributed by atoms with Crippen LogP contribution in [0.4, 0.5) is 0 Å². The SMILES string of the molecule is CCCCCN1C(=O)C(c2ccc(OCC(C)C)cc2)=C(N2CC(C)OC(C)C2)C1=O. The first-order chi connectivity index (χ1) is 14.8. The molecule has 2 aliphatic heterocycles. The molecule has 2 aliphatic rings. The van der Waals surface area contributed by atoms with E-state index in [-0.39, 0.29) is 24.0 Å². The predicted octanol–water partition coefficient (Wildman–Crippen LogP) is 4.10. The van der Waals surface area contributed by atoms with Crippen LogP contribution in [0.3, 0.4) is 0 Å². The van der Waals surface area contributed by atoms with Crippen LogP contribution < -0.4 is 4.74 Å². The summed E-state index contributed by atoms with van der Waals surface area (Å²) in [6.45, 7) is 12.6. The Labute approximate surface area is 186 Å². The first-order valence-corrected chi connectivity index (χ1v) is 11.6. The van der Waals surface area contributed by atoms with Crippen LogP contribution in [0.1, 0.15) is 59.4 Å². The minimum Gasteiger partial charge on any atom is -0.493 e. The Hall–Kier alpha value is -2.34. The van der Waals surface area contributed by atoms with Crippen molar-refractivity contribution in [1.82, 2.24) is 9.80 Å². The molecule has 1 fully saturated rings. The second-order valence-corrected chi connectivity index (χ2v) is 9.08. The van der Waals surface area contributed by atoms with Crippen molar-refractivity contribution >= 4 is 17.4 Å². The number of unbranched alkanes of at least 4 members (excludes halogenated alkanes) is 2. The largest absolute Gasteiger partial charge is 0.493 e. The number of carbonyl (C=O) groups excluding carboxylic acids is 2. The van der Waals surface area contributed by atoms with Crippen molar-refractivity contribution in [2.45, 2.75) is 66.1 Å². The molecule has 6 nitrogen and oxygen atoms in total. The van der Waals surface area contributed by atoms with Crippen LogP contribution in [0.5, 0.6) is 5.75 Å². The van der Waals surface area contributed by atoms with E-state index in [1.165, 1.54) is 4.90 Å². The molecule has 170 valence electrons. The summed E-state index contributed by atoms with van der Waals surface area (Å²) in [5.74, 6) is 0.825. The number of hydrogen-bond donors (Lipinski definition) is 0. The van der Waals surface area contributed by atoms with Gasteiger partial charge < -0.3 is 14.4 Å². The molecule has 0 radical (unpaired) electrons. The molecule has 0 aliphatic carbocycles. The lowest BCUT2D eigenvalue weighted by Crippen LogP contribution is -2.47. The quantitative estimate of drug-likeness (QED) is 0.438. The van der Waals surface area contributed by atoms with Gasteiger partial charge in [0, 0.05) is 19.6 Å². The van der Waals surface area contributed by atoms with Crippen molar-refractivity contribution in [3.63, 3.8) is 0 Å². The van der Waals surface area contributed by atoms with Gasteiger partial charge in [-0.3, -0.25) is 14.5 Å². The fraction of sp³-hybridized carbons (Fsp3) is 0.600. The molecule has 1 saturated heterocycles. The van der Waals surface area contributed by atoms with Crippen LogP contribution in [-0.2, 0) is 14.3 Å². The standard InChI is InChI=1S/C25H36N2O4/c1-6-7-8-13-27-24(28)22(20-9-11-21(12-10-20)30-16-17(2)3)23(25(27)29)26-14-18(4)31-19(5)15-26/h9-12,17-19H,6-8,13-16H2,1-5H3. The van der Waals surface area contributed by atoms with Gasteiger partial charge in [-0.25, -0.2) is 0 Å². The minimum absolute atomic E-state index is 0.00125. The van der Waals surface area contributed by atoms with Crippen LogP contribution in [0.15, 0.2) is 30.0 Å². The van der Waals surface area contributed by atoms with E-state index in [0.717, 1.165) is 30.6 Å². The molecular formula is C25H36N2O4. The molecule has 6 heteroatoms. The molecule has 0 aromatic heterocycles. The highest BCUT2D eigenvalue weighted by Gasteiger charge is 2.42. The fourth-order valence-electron chi connectivity index (χ4n) is 4.18. The van der Waals surface area contributed by atoms with Gasteiger partial charge in [-0.2, -0.15) is 0 Å². The highest BCUT2D eigenvalue weighted by Crippen LogP contribution is 2.34. The van der Waals surface area contributed by atoms with E-state index in [9.17, 15) is 9.59 Å². The number of carbonyl (C=O) groups is 2. The first kappa shape index (κ1) is 23.3. The molecule has 2 amide bonds. The number of benzene rings is 1. The predicted molar refractivity (Wildman–Crippen MR) is 122 cm³/mol. The molecule has 3 rings (SSSR count). The van der Waals surface area contributed by atoms with Gasteiger partial charge in [0.2, 0.25) is 0 Å². The zero-order chi connectivity index (χ0) is 22.5. The molecule has 0 spiro atoms. The lowest BCUT2D eigenvalue weighted by Gasteiger charge is -2.37. The van der Waals surface area contributed by atoms with E-state index in [4.69, 9.17) is 9.47 Å². The monoisotopic (exact) mass is 428 g/mol. The van der Waals surface area contributed by atoms with Crippen molar-refractivity contribution in [3.8, 4) is 5.75 Å². The Bertz CT molecular complexity index is 805. The van der Waals surface area contributed by atoms with Gasteiger partial charge in [0.25, 0.3) is 11.8 Å².